The van der Waals surface area contributed by atoms with Crippen molar-refractivity contribution < 1.29 is 14.4 Å². The number of rotatable bonds is 6. The Morgan fingerprint density at radius 2 is 1.71 bits per heavy atom. The largest absolute Gasteiger partial charge is 0.372 e. The Hall–Kier alpha value is -3.35. The fourth-order valence-electron chi connectivity index (χ4n) is 4.17. The van der Waals surface area contributed by atoms with Gasteiger partial charge in [-0.05, 0) is 48.6 Å². The molecule has 2 aromatic rings. The third kappa shape index (κ3) is 4.71. The van der Waals surface area contributed by atoms with E-state index in [-0.39, 0.29) is 24.9 Å². The molecule has 31 heavy (non-hydrogen) atoms. The van der Waals surface area contributed by atoms with Crippen molar-refractivity contribution in [3.63, 3.8) is 0 Å². The molecule has 2 aromatic carbocycles. The van der Waals surface area contributed by atoms with E-state index in [0.29, 0.717) is 17.7 Å². The second kappa shape index (κ2) is 9.20. The molecule has 7 nitrogen and oxygen atoms in total. The van der Waals surface area contributed by atoms with Crippen molar-refractivity contribution in [2.75, 3.05) is 31.6 Å². The molecule has 0 saturated carbocycles. The maximum atomic E-state index is 13.1. The number of benzene rings is 2. The predicted octanol–water partition coefficient (Wildman–Crippen LogP) is 3.00. The van der Waals surface area contributed by atoms with Crippen molar-refractivity contribution >= 4 is 23.5 Å². The summed E-state index contributed by atoms with van der Waals surface area (Å²) in [7, 11) is 1.77. The summed E-state index contributed by atoms with van der Waals surface area (Å²) in [6.45, 7) is 2.78. The summed E-state index contributed by atoms with van der Waals surface area (Å²) < 4.78 is 0. The quantitative estimate of drug-likeness (QED) is 0.730. The third-order valence-electron chi connectivity index (χ3n) is 5.94. The Morgan fingerprint density at radius 3 is 2.39 bits per heavy atom. The Morgan fingerprint density at radius 1 is 1.00 bits per heavy atom. The van der Waals surface area contributed by atoms with Gasteiger partial charge >= 0.3 is 6.03 Å². The fourth-order valence-corrected chi connectivity index (χ4v) is 4.17. The van der Waals surface area contributed by atoms with Gasteiger partial charge in [-0.25, -0.2) is 4.79 Å². The number of anilines is 1. The van der Waals surface area contributed by atoms with Crippen LogP contribution in [0.2, 0.25) is 0 Å². The first kappa shape index (κ1) is 20.9. The summed E-state index contributed by atoms with van der Waals surface area (Å²) in [5.74, 6) is -0.419. The molecular formula is C24H28N4O3. The molecule has 2 aliphatic rings. The van der Waals surface area contributed by atoms with E-state index in [1.54, 1.807) is 30.1 Å². The minimum Gasteiger partial charge on any atom is -0.372 e. The molecular weight excluding hydrogens is 392 g/mol. The molecule has 1 N–H and O–H groups in total. The zero-order valence-corrected chi connectivity index (χ0v) is 17.8. The van der Waals surface area contributed by atoms with Crippen molar-refractivity contribution in [1.29, 1.82) is 0 Å². The average Bonchev–Trinajstić information content (AvgIpc) is 3.12. The van der Waals surface area contributed by atoms with Gasteiger partial charge in [0.1, 0.15) is 0 Å². The van der Waals surface area contributed by atoms with Gasteiger partial charge in [0.05, 0.1) is 13.1 Å². The standard InChI is InChI=1S/C24H28N4O3/c1-26(16-18-9-11-20(12-10-18)27-13-5-2-6-14-27)23(30)21-8-4-3-7-19(21)17-28-22(29)15-25-24(28)31/h3-4,7-12H,2,5-6,13-17H2,1H3,(H,25,31). The molecule has 4 amide bonds. The van der Waals surface area contributed by atoms with Crippen LogP contribution in [-0.4, -0.2) is 54.3 Å². The minimum atomic E-state index is -0.422. The summed E-state index contributed by atoms with van der Waals surface area (Å²) in [6.07, 6.45) is 3.78. The van der Waals surface area contributed by atoms with Gasteiger partial charge in [-0.1, -0.05) is 30.3 Å². The molecule has 0 atom stereocenters. The van der Waals surface area contributed by atoms with E-state index < -0.39 is 6.03 Å². The van der Waals surface area contributed by atoms with Crippen molar-refractivity contribution in [2.45, 2.75) is 32.4 Å². The van der Waals surface area contributed by atoms with E-state index in [1.807, 2.05) is 6.07 Å². The monoisotopic (exact) mass is 420 g/mol. The lowest BCUT2D eigenvalue weighted by Crippen LogP contribution is -2.32. The van der Waals surface area contributed by atoms with Gasteiger partial charge in [-0.3, -0.25) is 14.5 Å². The summed E-state index contributed by atoms with van der Waals surface area (Å²) in [5.41, 5.74) is 3.45. The lowest BCUT2D eigenvalue weighted by molar-refractivity contribution is -0.125. The van der Waals surface area contributed by atoms with Gasteiger partial charge in [-0.15, -0.1) is 0 Å². The molecule has 2 saturated heterocycles. The van der Waals surface area contributed by atoms with Gasteiger partial charge in [0.25, 0.3) is 5.91 Å². The maximum Gasteiger partial charge on any atom is 0.324 e. The van der Waals surface area contributed by atoms with Gasteiger partial charge in [0, 0.05) is 37.9 Å². The van der Waals surface area contributed by atoms with E-state index >= 15 is 0 Å². The van der Waals surface area contributed by atoms with E-state index in [2.05, 4.69) is 34.5 Å². The highest BCUT2D eigenvalue weighted by Gasteiger charge is 2.29. The first-order chi connectivity index (χ1) is 15.0. The molecule has 2 fully saturated rings. The maximum absolute atomic E-state index is 13.1. The van der Waals surface area contributed by atoms with Gasteiger partial charge in [-0.2, -0.15) is 0 Å². The molecule has 0 unspecified atom stereocenters. The van der Waals surface area contributed by atoms with Crippen molar-refractivity contribution in [3.05, 3.63) is 65.2 Å². The van der Waals surface area contributed by atoms with Crippen LogP contribution in [0.25, 0.3) is 0 Å². The molecule has 2 aliphatic heterocycles. The molecule has 0 spiro atoms. The number of nitrogens with one attached hydrogen (secondary N) is 1. The molecule has 7 heteroatoms. The highest BCUT2D eigenvalue weighted by molar-refractivity contribution is 6.02. The summed E-state index contributed by atoms with van der Waals surface area (Å²) in [4.78, 5) is 42.2. The molecule has 162 valence electrons. The van der Waals surface area contributed by atoms with E-state index in [0.717, 1.165) is 23.6 Å². The number of piperidine rings is 1. The Labute approximate surface area is 182 Å². The zero-order chi connectivity index (χ0) is 21.8. The van der Waals surface area contributed by atoms with Crippen LogP contribution in [-0.2, 0) is 17.9 Å². The first-order valence-corrected chi connectivity index (χ1v) is 10.8. The number of carbonyl (C=O) groups excluding carboxylic acids is 3. The minimum absolute atomic E-state index is 0.00226. The number of hydrogen-bond acceptors (Lipinski definition) is 4. The van der Waals surface area contributed by atoms with Crippen LogP contribution >= 0.6 is 0 Å². The van der Waals surface area contributed by atoms with Crippen LogP contribution in [0, 0.1) is 0 Å². The van der Waals surface area contributed by atoms with Crippen LogP contribution in [0.3, 0.4) is 0 Å². The number of urea groups is 1. The molecule has 0 aliphatic carbocycles. The molecule has 2 heterocycles. The van der Waals surface area contributed by atoms with Crippen LogP contribution in [0.1, 0.15) is 40.7 Å². The second-order valence-electron chi connectivity index (χ2n) is 8.17. The highest BCUT2D eigenvalue weighted by atomic mass is 16.2. The molecule has 0 bridgehead atoms. The van der Waals surface area contributed by atoms with Crippen LogP contribution in [0.4, 0.5) is 10.5 Å². The average molecular weight is 421 g/mol. The Balaban J connectivity index is 1.43. The Kier molecular flexibility index (Phi) is 6.21. The highest BCUT2D eigenvalue weighted by Crippen LogP contribution is 2.21. The fraction of sp³-hybridized carbons (Fsp3) is 0.375. The zero-order valence-electron chi connectivity index (χ0n) is 17.8. The van der Waals surface area contributed by atoms with Crippen LogP contribution in [0.5, 0.6) is 0 Å². The number of amides is 4. The summed E-state index contributed by atoms with van der Waals surface area (Å²) >= 11 is 0. The second-order valence-corrected chi connectivity index (χ2v) is 8.17. The predicted molar refractivity (Wildman–Crippen MR) is 119 cm³/mol. The van der Waals surface area contributed by atoms with E-state index in [4.69, 9.17) is 0 Å². The summed E-state index contributed by atoms with van der Waals surface area (Å²) in [6, 6.07) is 15.1. The SMILES string of the molecule is CN(Cc1ccc(N2CCCCC2)cc1)C(=O)c1ccccc1CN1C(=O)CNC1=O. The third-order valence-corrected chi connectivity index (χ3v) is 5.94. The van der Waals surface area contributed by atoms with Gasteiger partial charge in [0.15, 0.2) is 0 Å². The number of hydrogen-bond donors (Lipinski definition) is 1. The Bertz CT molecular complexity index is 951. The lowest BCUT2D eigenvalue weighted by atomic mass is 10.1. The van der Waals surface area contributed by atoms with Crippen LogP contribution < -0.4 is 10.2 Å². The topological polar surface area (TPSA) is 73.0 Å². The first-order valence-electron chi connectivity index (χ1n) is 10.8. The van der Waals surface area contributed by atoms with E-state index in [1.165, 1.54) is 24.9 Å². The molecule has 4 rings (SSSR count). The van der Waals surface area contributed by atoms with Crippen molar-refractivity contribution in [3.8, 4) is 0 Å². The lowest BCUT2D eigenvalue weighted by Gasteiger charge is -2.29. The van der Waals surface area contributed by atoms with E-state index in [9.17, 15) is 14.4 Å². The summed E-state index contributed by atoms with van der Waals surface area (Å²) in [5, 5.41) is 2.51. The van der Waals surface area contributed by atoms with Gasteiger partial charge < -0.3 is 15.1 Å². The van der Waals surface area contributed by atoms with Gasteiger partial charge in [0.2, 0.25) is 5.91 Å². The number of imide groups is 1. The van der Waals surface area contributed by atoms with Crippen molar-refractivity contribution in [2.24, 2.45) is 0 Å². The van der Waals surface area contributed by atoms with Crippen LogP contribution in [0.15, 0.2) is 48.5 Å². The molecule has 0 radical (unpaired) electrons. The number of carbonyl (C=O) groups is 3. The number of nitrogens with zero attached hydrogens (tertiary/aromatic N) is 3. The normalized spacial score (nSPS) is 16.4. The smallest absolute Gasteiger partial charge is 0.324 e. The molecule has 0 aromatic heterocycles. The van der Waals surface area contributed by atoms with Crippen molar-refractivity contribution in [1.82, 2.24) is 15.1 Å².